The predicted molar refractivity (Wildman–Crippen MR) is 129 cm³/mol. The first-order chi connectivity index (χ1) is 17.1. The Bertz CT molecular complexity index is 1310. The van der Waals surface area contributed by atoms with Crippen molar-refractivity contribution < 1.29 is 32.6 Å². The van der Waals surface area contributed by atoms with Crippen molar-refractivity contribution in [3.63, 3.8) is 0 Å². The van der Waals surface area contributed by atoms with Crippen molar-refractivity contribution in [2.24, 2.45) is 0 Å². The molecule has 3 heterocycles. The van der Waals surface area contributed by atoms with Gasteiger partial charge in [0.1, 0.15) is 28.7 Å². The number of benzene rings is 1. The Kier molecular flexibility index (Phi) is 6.71. The Balaban J connectivity index is 1.85. The lowest BCUT2D eigenvalue weighted by Crippen LogP contribution is -2.39. The molecule has 0 fully saturated rings. The van der Waals surface area contributed by atoms with Crippen LogP contribution in [0.1, 0.15) is 43.7 Å². The fourth-order valence-corrected chi connectivity index (χ4v) is 4.12. The maximum atomic E-state index is 14.8. The lowest BCUT2D eigenvalue weighted by atomic mass is 10.1. The second-order valence-electron chi connectivity index (χ2n) is 9.14. The van der Waals surface area contributed by atoms with E-state index in [4.69, 9.17) is 14.2 Å². The van der Waals surface area contributed by atoms with Crippen molar-refractivity contribution in [3.05, 3.63) is 59.4 Å². The van der Waals surface area contributed by atoms with Gasteiger partial charge in [-0.1, -0.05) is 6.07 Å². The smallest absolute Gasteiger partial charge is 0.419 e. The first-order valence-corrected chi connectivity index (χ1v) is 11.5. The Morgan fingerprint density at radius 1 is 1.17 bits per heavy atom. The summed E-state index contributed by atoms with van der Waals surface area (Å²) >= 11 is 0. The van der Waals surface area contributed by atoms with Gasteiger partial charge in [0.2, 0.25) is 5.88 Å². The van der Waals surface area contributed by atoms with Gasteiger partial charge < -0.3 is 19.1 Å². The zero-order valence-electron chi connectivity index (χ0n) is 20.7. The number of hydrogen-bond donors (Lipinski definition) is 0. The number of pyridine rings is 1. The van der Waals surface area contributed by atoms with Crippen molar-refractivity contribution in [3.8, 4) is 22.9 Å². The molecule has 10 heteroatoms. The van der Waals surface area contributed by atoms with Crippen LogP contribution in [0.25, 0.3) is 11.3 Å². The second kappa shape index (κ2) is 9.60. The van der Waals surface area contributed by atoms with Crippen LogP contribution in [0.4, 0.5) is 19.3 Å². The van der Waals surface area contributed by atoms with E-state index in [-0.39, 0.29) is 24.2 Å². The van der Waals surface area contributed by atoms with Crippen molar-refractivity contribution in [2.45, 2.75) is 39.7 Å². The lowest BCUT2D eigenvalue weighted by Gasteiger charge is -2.29. The highest BCUT2D eigenvalue weighted by Crippen LogP contribution is 2.37. The molecular formula is C26H27F2N3O5. The van der Waals surface area contributed by atoms with Crippen molar-refractivity contribution in [2.75, 3.05) is 25.2 Å². The molecule has 0 aliphatic carbocycles. The van der Waals surface area contributed by atoms with E-state index >= 15 is 0 Å². The molecule has 4 rings (SSSR count). The number of aromatic nitrogens is 2. The molecule has 8 nitrogen and oxygen atoms in total. The van der Waals surface area contributed by atoms with Crippen LogP contribution in [-0.2, 0) is 11.2 Å². The van der Waals surface area contributed by atoms with Crippen LogP contribution < -0.4 is 14.4 Å². The van der Waals surface area contributed by atoms with Crippen LogP contribution >= 0.6 is 0 Å². The van der Waals surface area contributed by atoms with E-state index < -0.39 is 34.8 Å². The molecule has 0 saturated heterocycles. The molecule has 1 aliphatic rings. The first kappa shape index (κ1) is 25.2. The Hall–Kier alpha value is -3.95. The zero-order chi connectivity index (χ0) is 26.2. The van der Waals surface area contributed by atoms with E-state index in [1.54, 1.807) is 26.8 Å². The molecule has 1 aromatic carbocycles. The minimum Gasteiger partial charge on any atom is -0.494 e. The van der Waals surface area contributed by atoms with E-state index in [9.17, 15) is 18.4 Å². The van der Waals surface area contributed by atoms with Gasteiger partial charge >= 0.3 is 6.09 Å². The fourth-order valence-electron chi connectivity index (χ4n) is 4.12. The zero-order valence-corrected chi connectivity index (χ0v) is 20.7. The summed E-state index contributed by atoms with van der Waals surface area (Å²) in [6.07, 6.45) is 0.852. The van der Waals surface area contributed by atoms with E-state index in [2.05, 4.69) is 4.98 Å². The number of fused-ring (bicyclic) bond motifs is 1. The average molecular weight is 500 g/mol. The number of amides is 1. The third-order valence-electron chi connectivity index (χ3n) is 5.57. The highest BCUT2D eigenvalue weighted by Gasteiger charge is 2.36. The Morgan fingerprint density at radius 3 is 2.47 bits per heavy atom. The van der Waals surface area contributed by atoms with Crippen LogP contribution in [0.5, 0.6) is 11.6 Å². The van der Waals surface area contributed by atoms with E-state index in [0.29, 0.717) is 29.6 Å². The summed E-state index contributed by atoms with van der Waals surface area (Å²) in [5.74, 6) is -1.48. The quantitative estimate of drug-likeness (QED) is 0.479. The first-order valence-electron chi connectivity index (χ1n) is 11.5. The number of nitrogens with zero attached hydrogens (tertiary/aromatic N) is 3. The summed E-state index contributed by atoms with van der Waals surface area (Å²) in [7, 11) is 1.46. The summed E-state index contributed by atoms with van der Waals surface area (Å²) in [4.78, 5) is 32.5. The van der Waals surface area contributed by atoms with Crippen molar-refractivity contribution >= 4 is 17.7 Å². The van der Waals surface area contributed by atoms with Crippen LogP contribution in [0.3, 0.4) is 0 Å². The predicted octanol–water partition coefficient (Wildman–Crippen LogP) is 5.22. The van der Waals surface area contributed by atoms with Gasteiger partial charge in [-0.05, 0) is 45.9 Å². The molecule has 0 radical (unpaired) electrons. The summed E-state index contributed by atoms with van der Waals surface area (Å²) in [6.45, 7) is 7.45. The van der Waals surface area contributed by atoms with Gasteiger partial charge in [-0.15, -0.1) is 0 Å². The minimum absolute atomic E-state index is 0.100. The topological polar surface area (TPSA) is 82.9 Å². The second-order valence-corrected chi connectivity index (χ2v) is 9.14. The maximum absolute atomic E-state index is 14.8. The molecule has 190 valence electrons. The molecule has 0 saturated carbocycles. The van der Waals surface area contributed by atoms with Gasteiger partial charge in [0, 0.05) is 24.7 Å². The highest BCUT2D eigenvalue weighted by atomic mass is 19.1. The molecule has 0 spiro atoms. The van der Waals surface area contributed by atoms with Gasteiger partial charge in [-0.2, -0.15) is 0 Å². The molecule has 0 N–H and O–H groups in total. The number of anilines is 1. The van der Waals surface area contributed by atoms with Crippen molar-refractivity contribution in [1.29, 1.82) is 0 Å². The largest absolute Gasteiger partial charge is 0.494 e. The number of halogens is 2. The number of rotatable bonds is 5. The van der Waals surface area contributed by atoms with Gasteiger partial charge in [-0.25, -0.2) is 23.1 Å². The monoisotopic (exact) mass is 499 g/mol. The molecule has 0 unspecified atom stereocenters. The maximum Gasteiger partial charge on any atom is 0.419 e. The SMILES string of the molecule is CCOc1cc(OC)c(N2CCc3c(cc(-c4c(F)cccc4F)n3C(=O)OC(C)(C)C)C2=O)cn1. The van der Waals surface area contributed by atoms with Crippen LogP contribution in [0.2, 0.25) is 0 Å². The molecular weight excluding hydrogens is 472 g/mol. The third-order valence-corrected chi connectivity index (χ3v) is 5.57. The van der Waals surface area contributed by atoms with Gasteiger partial charge in [0.05, 0.1) is 36.7 Å². The van der Waals surface area contributed by atoms with Crippen molar-refractivity contribution in [1.82, 2.24) is 9.55 Å². The van der Waals surface area contributed by atoms with E-state index in [0.717, 1.165) is 16.7 Å². The van der Waals surface area contributed by atoms with Gasteiger partial charge in [-0.3, -0.25) is 4.79 Å². The molecule has 3 aromatic rings. The number of carbonyl (C=O) groups excluding carboxylic acids is 2. The highest BCUT2D eigenvalue weighted by molar-refractivity contribution is 6.10. The molecule has 0 bridgehead atoms. The van der Waals surface area contributed by atoms with Crippen LogP contribution in [0.15, 0.2) is 36.5 Å². The summed E-state index contributed by atoms with van der Waals surface area (Å²) < 4.78 is 47.0. The Labute approximate surface area is 207 Å². The third kappa shape index (κ3) is 4.62. The number of carbonyl (C=O) groups is 2. The summed E-state index contributed by atoms with van der Waals surface area (Å²) in [5.41, 5.74) is -0.554. The molecule has 36 heavy (non-hydrogen) atoms. The summed E-state index contributed by atoms with van der Waals surface area (Å²) in [5, 5.41) is 0. The molecule has 1 amide bonds. The lowest BCUT2D eigenvalue weighted by molar-refractivity contribution is 0.0535. The molecule has 0 atom stereocenters. The van der Waals surface area contributed by atoms with Crippen LogP contribution in [-0.4, -0.2) is 47.4 Å². The Morgan fingerprint density at radius 2 is 1.86 bits per heavy atom. The fraction of sp³-hybridized carbons (Fsp3) is 0.346. The molecule has 1 aliphatic heterocycles. The molecule has 2 aromatic heterocycles. The number of ether oxygens (including phenoxy) is 3. The van der Waals surface area contributed by atoms with E-state index in [1.807, 2.05) is 6.92 Å². The number of methoxy groups -OCH3 is 1. The number of hydrogen-bond acceptors (Lipinski definition) is 6. The minimum atomic E-state index is -0.870. The van der Waals surface area contributed by atoms with Gasteiger partial charge in [0.15, 0.2) is 0 Å². The van der Waals surface area contributed by atoms with Gasteiger partial charge in [0.25, 0.3) is 5.91 Å². The van der Waals surface area contributed by atoms with E-state index in [1.165, 1.54) is 30.3 Å². The normalized spacial score (nSPS) is 13.4. The van der Waals surface area contributed by atoms with Crippen LogP contribution in [0, 0.1) is 11.6 Å². The summed E-state index contributed by atoms with van der Waals surface area (Å²) in [6, 6.07) is 6.31. The standard InChI is InChI=1S/C26H27F2N3O5/c1-6-35-22-13-21(34-5)20(14-29-22)30-11-10-18-15(24(30)32)12-19(23-16(27)8-7-9-17(23)28)31(18)25(33)36-26(2,3)4/h7-9,12-14H,6,10-11H2,1-5H3. The average Bonchev–Trinajstić information content (AvgIpc) is 3.19.